The molecule has 0 atom stereocenters. The Kier molecular flexibility index (Phi) is 3.75. The molecule has 1 saturated carbocycles. The van der Waals surface area contributed by atoms with Gasteiger partial charge < -0.3 is 10.3 Å². The smallest absolute Gasteiger partial charge is 0.259 e. The molecular weight excluding hydrogens is 270 g/mol. The number of hydrogen-bond donors (Lipinski definition) is 1. The summed E-state index contributed by atoms with van der Waals surface area (Å²) in [5, 5.41) is 8.17. The highest BCUT2D eigenvalue weighted by Crippen LogP contribution is 2.36. The van der Waals surface area contributed by atoms with Crippen molar-refractivity contribution < 1.29 is 4.52 Å². The van der Waals surface area contributed by atoms with E-state index in [1.54, 1.807) is 11.3 Å². The Morgan fingerprint density at radius 2 is 2.06 bits per heavy atom. The monoisotopic (exact) mass is 285 g/mol. The Labute approximate surface area is 116 Å². The van der Waals surface area contributed by atoms with Crippen LogP contribution in [0.3, 0.4) is 0 Å². The Bertz CT molecular complexity index is 531. The van der Waals surface area contributed by atoms with E-state index in [4.69, 9.17) is 10.3 Å². The average Bonchev–Trinajstić information content (AvgIpc) is 2.97. The second-order valence-corrected chi connectivity index (χ2v) is 5.50. The maximum Gasteiger partial charge on any atom is 0.259 e. The van der Waals surface area contributed by atoms with Crippen LogP contribution < -0.4 is 5.73 Å². The van der Waals surface area contributed by atoms with Crippen molar-refractivity contribution >= 4 is 23.7 Å². The molecule has 2 aromatic heterocycles. The summed E-state index contributed by atoms with van der Waals surface area (Å²) in [7, 11) is 0. The van der Waals surface area contributed by atoms with Crippen molar-refractivity contribution in [1.29, 1.82) is 0 Å². The quantitative estimate of drug-likeness (QED) is 0.920. The Balaban J connectivity index is 0.00000120. The molecule has 4 nitrogen and oxygen atoms in total. The Morgan fingerprint density at radius 1 is 1.33 bits per heavy atom. The van der Waals surface area contributed by atoms with E-state index in [1.165, 1.54) is 5.56 Å². The molecule has 0 radical (unpaired) electrons. The van der Waals surface area contributed by atoms with E-state index in [-0.39, 0.29) is 17.9 Å². The van der Waals surface area contributed by atoms with Crippen LogP contribution in [0.15, 0.2) is 15.3 Å². The summed E-state index contributed by atoms with van der Waals surface area (Å²) in [5.74, 6) is 1.26. The van der Waals surface area contributed by atoms with Crippen molar-refractivity contribution in [2.24, 2.45) is 5.73 Å². The van der Waals surface area contributed by atoms with Crippen LogP contribution in [0.4, 0.5) is 0 Å². The van der Waals surface area contributed by atoms with Crippen LogP contribution in [0.2, 0.25) is 0 Å². The summed E-state index contributed by atoms with van der Waals surface area (Å²) in [6.07, 6.45) is 4.21. The predicted molar refractivity (Wildman–Crippen MR) is 73.9 cm³/mol. The van der Waals surface area contributed by atoms with Crippen molar-refractivity contribution in [3.8, 4) is 11.5 Å². The van der Waals surface area contributed by atoms with Gasteiger partial charge in [-0.15, -0.1) is 12.4 Å². The maximum atomic E-state index is 6.30. The van der Waals surface area contributed by atoms with E-state index in [0.29, 0.717) is 11.7 Å². The van der Waals surface area contributed by atoms with Crippen LogP contribution in [0, 0.1) is 6.92 Å². The molecule has 0 amide bonds. The molecule has 0 bridgehead atoms. The first-order valence-electron chi connectivity index (χ1n) is 5.85. The summed E-state index contributed by atoms with van der Waals surface area (Å²) in [4.78, 5) is 4.47. The summed E-state index contributed by atoms with van der Waals surface area (Å²) < 4.78 is 5.33. The van der Waals surface area contributed by atoms with Gasteiger partial charge in [0.05, 0.1) is 11.1 Å². The zero-order valence-corrected chi connectivity index (χ0v) is 11.8. The summed E-state index contributed by atoms with van der Waals surface area (Å²) >= 11 is 1.64. The molecule has 2 N–H and O–H groups in total. The molecule has 98 valence electrons. The third-order valence-corrected chi connectivity index (χ3v) is 4.31. The lowest BCUT2D eigenvalue weighted by molar-refractivity contribution is 0.372. The molecule has 0 unspecified atom stereocenters. The Hall–Kier alpha value is -0.910. The zero-order valence-electron chi connectivity index (χ0n) is 10.2. The summed E-state index contributed by atoms with van der Waals surface area (Å²) in [6.45, 7) is 2.05. The highest BCUT2D eigenvalue weighted by Gasteiger charge is 2.36. The number of halogens is 1. The third-order valence-electron chi connectivity index (χ3n) is 3.45. The van der Waals surface area contributed by atoms with E-state index in [9.17, 15) is 0 Å². The minimum Gasteiger partial charge on any atom is -0.334 e. The molecule has 1 aliphatic carbocycles. The normalized spacial score (nSPS) is 17.7. The van der Waals surface area contributed by atoms with Crippen molar-refractivity contribution in [2.75, 3.05) is 0 Å². The predicted octanol–water partition coefficient (Wildman–Crippen LogP) is 3.26. The van der Waals surface area contributed by atoms with E-state index in [0.717, 1.165) is 31.2 Å². The lowest BCUT2D eigenvalue weighted by Crippen LogP contribution is -2.34. The number of thiophene rings is 1. The maximum absolute atomic E-state index is 6.30. The molecule has 0 aromatic carbocycles. The standard InChI is InChI=1S/C12H15N3OS.ClH/c1-8-6-17-7-9(8)10-14-11(15-16-10)12(13)4-2-3-5-12;/h6-7H,2-5,13H2,1H3;1H. The minimum atomic E-state index is -0.369. The summed E-state index contributed by atoms with van der Waals surface area (Å²) in [5.41, 5.74) is 8.13. The van der Waals surface area contributed by atoms with Crippen molar-refractivity contribution in [3.63, 3.8) is 0 Å². The van der Waals surface area contributed by atoms with E-state index >= 15 is 0 Å². The van der Waals surface area contributed by atoms with Crippen LogP contribution in [0.25, 0.3) is 11.5 Å². The molecule has 0 spiro atoms. The highest BCUT2D eigenvalue weighted by molar-refractivity contribution is 7.08. The zero-order chi connectivity index (χ0) is 11.9. The molecule has 0 aliphatic heterocycles. The molecule has 6 heteroatoms. The molecule has 0 saturated heterocycles. The molecule has 18 heavy (non-hydrogen) atoms. The van der Waals surface area contributed by atoms with Crippen LogP contribution in [0.1, 0.15) is 37.1 Å². The van der Waals surface area contributed by atoms with Gasteiger partial charge in [-0.1, -0.05) is 18.0 Å². The topological polar surface area (TPSA) is 64.9 Å². The number of hydrogen-bond acceptors (Lipinski definition) is 5. The summed E-state index contributed by atoms with van der Waals surface area (Å²) in [6, 6.07) is 0. The van der Waals surface area contributed by atoms with Crippen LogP contribution in [-0.2, 0) is 5.54 Å². The molecule has 3 rings (SSSR count). The number of aromatic nitrogens is 2. The van der Waals surface area contributed by atoms with E-state index < -0.39 is 0 Å². The van der Waals surface area contributed by atoms with Gasteiger partial charge in [0.15, 0.2) is 5.82 Å². The number of aryl methyl sites for hydroxylation is 1. The van der Waals surface area contributed by atoms with Gasteiger partial charge in [-0.25, -0.2) is 0 Å². The first kappa shape index (κ1) is 13.5. The van der Waals surface area contributed by atoms with Crippen molar-refractivity contribution in [3.05, 3.63) is 22.1 Å². The second-order valence-electron chi connectivity index (χ2n) is 4.75. The number of nitrogens with two attached hydrogens (primary N) is 1. The number of nitrogens with zero attached hydrogens (tertiary/aromatic N) is 2. The van der Waals surface area contributed by atoms with Gasteiger partial charge in [0, 0.05) is 5.38 Å². The molecule has 2 heterocycles. The van der Waals surface area contributed by atoms with Crippen molar-refractivity contribution in [1.82, 2.24) is 10.1 Å². The van der Waals surface area contributed by atoms with Crippen LogP contribution in [0.5, 0.6) is 0 Å². The van der Waals surface area contributed by atoms with E-state index in [2.05, 4.69) is 15.5 Å². The fourth-order valence-corrected chi connectivity index (χ4v) is 3.17. The fraction of sp³-hybridized carbons (Fsp3) is 0.500. The van der Waals surface area contributed by atoms with Gasteiger partial charge in [0.1, 0.15) is 0 Å². The van der Waals surface area contributed by atoms with E-state index in [1.807, 2.05) is 12.3 Å². The SMILES string of the molecule is Cc1cscc1-c1nc(C2(N)CCCC2)no1.Cl. The van der Waals surface area contributed by atoms with Gasteiger partial charge in [-0.2, -0.15) is 16.3 Å². The molecule has 1 aliphatic rings. The molecule has 1 fully saturated rings. The fourth-order valence-electron chi connectivity index (χ4n) is 2.34. The lowest BCUT2D eigenvalue weighted by Gasteiger charge is -2.17. The van der Waals surface area contributed by atoms with Gasteiger partial charge in [0.25, 0.3) is 5.89 Å². The average molecular weight is 286 g/mol. The van der Waals surface area contributed by atoms with Gasteiger partial charge in [-0.3, -0.25) is 0 Å². The molecular formula is C12H16ClN3OS. The second kappa shape index (κ2) is 4.99. The highest BCUT2D eigenvalue weighted by atomic mass is 35.5. The number of rotatable bonds is 2. The Morgan fingerprint density at radius 3 is 2.67 bits per heavy atom. The van der Waals surface area contributed by atoms with Crippen molar-refractivity contribution in [2.45, 2.75) is 38.1 Å². The first-order chi connectivity index (χ1) is 8.19. The van der Waals surface area contributed by atoms with Gasteiger partial charge in [0.2, 0.25) is 0 Å². The van der Waals surface area contributed by atoms with Gasteiger partial charge in [-0.05, 0) is 30.7 Å². The minimum absolute atomic E-state index is 0. The first-order valence-corrected chi connectivity index (χ1v) is 6.79. The van der Waals surface area contributed by atoms with Gasteiger partial charge >= 0.3 is 0 Å². The largest absolute Gasteiger partial charge is 0.334 e. The van der Waals surface area contributed by atoms with Crippen LogP contribution in [-0.4, -0.2) is 10.1 Å². The third kappa shape index (κ3) is 2.18. The molecule has 2 aromatic rings. The lowest BCUT2D eigenvalue weighted by atomic mass is 9.99. The van der Waals surface area contributed by atoms with Crippen LogP contribution >= 0.6 is 23.7 Å².